The first-order valence-electron chi connectivity index (χ1n) is 9.99. The fraction of sp³-hybridized carbons (Fsp3) is 0.667. The minimum atomic E-state index is 0.289. The summed E-state index contributed by atoms with van der Waals surface area (Å²) >= 11 is 1.91. The smallest absolute Gasteiger partial charge is 0.222 e. The Hall–Kier alpha value is -1.17. The Bertz CT molecular complexity index is 750. The summed E-state index contributed by atoms with van der Waals surface area (Å²) in [5.41, 5.74) is 1.44. The molecule has 1 fully saturated rings. The van der Waals surface area contributed by atoms with Crippen molar-refractivity contribution in [2.24, 2.45) is 5.92 Å². The Kier molecular flexibility index (Phi) is 5.48. The van der Waals surface area contributed by atoms with Crippen molar-refractivity contribution in [3.8, 4) is 5.88 Å². The van der Waals surface area contributed by atoms with E-state index in [1.165, 1.54) is 39.8 Å². The van der Waals surface area contributed by atoms with E-state index in [0.717, 1.165) is 38.0 Å². The van der Waals surface area contributed by atoms with Gasteiger partial charge in [0, 0.05) is 28.4 Å². The van der Waals surface area contributed by atoms with Crippen LogP contribution in [0.5, 0.6) is 5.88 Å². The maximum Gasteiger partial charge on any atom is 0.222 e. The van der Waals surface area contributed by atoms with E-state index >= 15 is 0 Å². The van der Waals surface area contributed by atoms with Gasteiger partial charge in [0.25, 0.3) is 0 Å². The van der Waals surface area contributed by atoms with E-state index in [1.807, 2.05) is 17.5 Å². The number of rotatable bonds is 5. The fourth-order valence-corrected chi connectivity index (χ4v) is 5.86. The van der Waals surface area contributed by atoms with Crippen LogP contribution in [0, 0.1) is 5.92 Å². The lowest BCUT2D eigenvalue weighted by atomic mass is 9.85. The first-order valence-corrected chi connectivity index (χ1v) is 10.8. The van der Waals surface area contributed by atoms with Gasteiger partial charge >= 0.3 is 0 Å². The molecule has 1 N–H and O–H groups in total. The van der Waals surface area contributed by atoms with Crippen LogP contribution in [0.1, 0.15) is 49.0 Å². The number of hydrogen-bond acceptors (Lipinski definition) is 5. The van der Waals surface area contributed by atoms with Gasteiger partial charge in [-0.3, -0.25) is 0 Å². The van der Waals surface area contributed by atoms with E-state index in [1.54, 1.807) is 0 Å². The van der Waals surface area contributed by atoms with Gasteiger partial charge in [-0.2, -0.15) is 0 Å². The largest absolute Gasteiger partial charge is 0.474 e. The van der Waals surface area contributed by atoms with Crippen LogP contribution in [0.2, 0.25) is 0 Å². The third kappa shape index (κ3) is 3.62. The summed E-state index contributed by atoms with van der Waals surface area (Å²) in [5.74, 6) is 1.44. The molecule has 5 heteroatoms. The highest BCUT2D eigenvalue weighted by atomic mass is 32.1. The molecule has 1 saturated carbocycles. The standard InChI is InChI=1S/C21H30N2O2S/c1-23(2)15-4-6-16(7-5-15)25-21-20-17-13-14(10-12-24)3-8-18(17)26-19(20)9-11-22-21/h9,11,14-16,24H,3-8,10,12-13H2,1-2H3. The second-order valence-electron chi connectivity index (χ2n) is 8.13. The van der Waals surface area contributed by atoms with Gasteiger partial charge in [0.2, 0.25) is 5.88 Å². The normalized spacial score (nSPS) is 26.2. The number of pyridine rings is 1. The lowest BCUT2D eigenvalue weighted by Crippen LogP contribution is -2.35. The Morgan fingerprint density at radius 2 is 2.04 bits per heavy atom. The van der Waals surface area contributed by atoms with Gasteiger partial charge < -0.3 is 14.7 Å². The first-order chi connectivity index (χ1) is 12.7. The lowest BCUT2D eigenvalue weighted by molar-refractivity contribution is 0.108. The number of aliphatic hydroxyl groups excluding tert-OH is 1. The van der Waals surface area contributed by atoms with Crippen molar-refractivity contribution in [2.75, 3.05) is 20.7 Å². The maximum absolute atomic E-state index is 9.32. The SMILES string of the molecule is CN(C)C1CCC(Oc2nccc3sc4c(c23)CC(CCO)CC4)CC1. The minimum Gasteiger partial charge on any atom is -0.474 e. The predicted octanol–water partition coefficient (Wildman–Crippen LogP) is 4.04. The van der Waals surface area contributed by atoms with Crippen molar-refractivity contribution >= 4 is 21.4 Å². The Balaban J connectivity index is 1.56. The van der Waals surface area contributed by atoms with Crippen LogP contribution in [-0.4, -0.2) is 47.8 Å². The molecule has 2 aromatic heterocycles. The third-order valence-electron chi connectivity index (χ3n) is 6.21. The minimum absolute atomic E-state index is 0.289. The van der Waals surface area contributed by atoms with Crippen molar-refractivity contribution in [1.82, 2.24) is 9.88 Å². The summed E-state index contributed by atoms with van der Waals surface area (Å²) in [5, 5.41) is 10.6. The van der Waals surface area contributed by atoms with Gasteiger partial charge in [0.1, 0.15) is 6.10 Å². The van der Waals surface area contributed by atoms with Crippen LogP contribution in [0.4, 0.5) is 0 Å². The third-order valence-corrected chi connectivity index (χ3v) is 7.47. The van der Waals surface area contributed by atoms with E-state index in [2.05, 4.69) is 30.0 Å². The monoisotopic (exact) mass is 374 g/mol. The number of aryl methyl sites for hydroxylation is 1. The van der Waals surface area contributed by atoms with Gasteiger partial charge in [0.15, 0.2) is 0 Å². The van der Waals surface area contributed by atoms with E-state index in [9.17, 15) is 5.11 Å². The average Bonchev–Trinajstić information content (AvgIpc) is 3.01. The maximum atomic E-state index is 9.32. The number of ether oxygens (including phenoxy) is 1. The second kappa shape index (κ2) is 7.83. The molecule has 4 nitrogen and oxygen atoms in total. The van der Waals surface area contributed by atoms with E-state index in [-0.39, 0.29) is 6.10 Å². The molecule has 0 amide bonds. The molecule has 0 aliphatic heterocycles. The average molecular weight is 375 g/mol. The fourth-order valence-electron chi connectivity index (χ4n) is 4.62. The highest BCUT2D eigenvalue weighted by Gasteiger charge is 2.27. The zero-order chi connectivity index (χ0) is 18.1. The molecule has 2 heterocycles. The van der Waals surface area contributed by atoms with Crippen LogP contribution in [-0.2, 0) is 12.8 Å². The second-order valence-corrected chi connectivity index (χ2v) is 9.26. The Labute approximate surface area is 160 Å². The summed E-state index contributed by atoms with van der Waals surface area (Å²) in [6, 6.07) is 2.82. The van der Waals surface area contributed by atoms with Gasteiger partial charge in [-0.15, -0.1) is 11.3 Å². The molecular weight excluding hydrogens is 344 g/mol. The van der Waals surface area contributed by atoms with Crippen LogP contribution < -0.4 is 4.74 Å². The molecule has 1 atom stereocenters. The molecule has 0 spiro atoms. The number of nitrogens with zero attached hydrogens (tertiary/aromatic N) is 2. The molecular formula is C21H30N2O2S. The summed E-state index contributed by atoms with van der Waals surface area (Å²) in [6.07, 6.45) is 11.1. The first kappa shape index (κ1) is 18.2. The Morgan fingerprint density at radius 3 is 2.77 bits per heavy atom. The van der Waals surface area contributed by atoms with Crippen molar-refractivity contribution < 1.29 is 9.84 Å². The topological polar surface area (TPSA) is 45.6 Å². The number of aromatic nitrogens is 1. The number of thiophene rings is 1. The highest BCUT2D eigenvalue weighted by molar-refractivity contribution is 7.19. The summed E-state index contributed by atoms with van der Waals surface area (Å²) in [7, 11) is 4.35. The van der Waals surface area contributed by atoms with Gasteiger partial charge in [0.05, 0.1) is 5.39 Å². The van der Waals surface area contributed by atoms with Gasteiger partial charge in [-0.25, -0.2) is 4.98 Å². The number of aliphatic hydroxyl groups is 1. The van der Waals surface area contributed by atoms with Crippen LogP contribution >= 0.6 is 11.3 Å². The Morgan fingerprint density at radius 1 is 1.23 bits per heavy atom. The van der Waals surface area contributed by atoms with Crippen LogP contribution in [0.3, 0.4) is 0 Å². The molecule has 0 saturated heterocycles. The lowest BCUT2D eigenvalue weighted by Gasteiger charge is -2.32. The van der Waals surface area contributed by atoms with E-state index < -0.39 is 0 Å². The van der Waals surface area contributed by atoms with E-state index in [0.29, 0.717) is 18.6 Å². The number of hydrogen-bond donors (Lipinski definition) is 1. The molecule has 0 radical (unpaired) electrons. The zero-order valence-electron chi connectivity index (χ0n) is 15.9. The number of fused-ring (bicyclic) bond motifs is 3. The van der Waals surface area contributed by atoms with Crippen molar-refractivity contribution in [3.63, 3.8) is 0 Å². The van der Waals surface area contributed by atoms with Gasteiger partial charge in [-0.1, -0.05) is 0 Å². The van der Waals surface area contributed by atoms with Crippen molar-refractivity contribution in [1.29, 1.82) is 0 Å². The molecule has 2 aliphatic carbocycles. The molecule has 142 valence electrons. The molecule has 0 bridgehead atoms. The summed E-state index contributed by atoms with van der Waals surface area (Å²) < 4.78 is 7.76. The zero-order valence-corrected chi connectivity index (χ0v) is 16.7. The molecule has 4 rings (SSSR count). The summed E-state index contributed by atoms with van der Waals surface area (Å²) in [4.78, 5) is 8.47. The summed E-state index contributed by atoms with van der Waals surface area (Å²) in [6.45, 7) is 0.290. The molecule has 0 aromatic carbocycles. The van der Waals surface area contributed by atoms with Crippen molar-refractivity contribution in [3.05, 3.63) is 22.7 Å². The quantitative estimate of drug-likeness (QED) is 0.858. The van der Waals surface area contributed by atoms with Crippen LogP contribution in [0.15, 0.2) is 12.3 Å². The van der Waals surface area contributed by atoms with E-state index in [4.69, 9.17) is 4.74 Å². The van der Waals surface area contributed by atoms with Crippen molar-refractivity contribution in [2.45, 2.75) is 63.5 Å². The van der Waals surface area contributed by atoms with Gasteiger partial charge in [-0.05, 0) is 83.0 Å². The highest BCUT2D eigenvalue weighted by Crippen LogP contribution is 2.42. The predicted molar refractivity (Wildman–Crippen MR) is 107 cm³/mol. The molecule has 2 aromatic rings. The molecule has 2 aliphatic rings. The molecule has 1 unspecified atom stereocenters. The molecule has 26 heavy (non-hydrogen) atoms. The van der Waals surface area contributed by atoms with Crippen LogP contribution in [0.25, 0.3) is 10.1 Å².